The standard InChI is InChI=1S/C21H25N3O5/c1-14(2)19(25)22-17-8-4-15(5-9-17)20(26)23-24-21(27)16-6-10-18(11-7-16)29-13-12-28-3/h4-11,14H,12-13H2,1-3H3,(H,22,25)(H,23,26)(H,24,27). The summed E-state index contributed by atoms with van der Waals surface area (Å²) in [4.78, 5) is 36.0. The maximum atomic E-state index is 12.2. The third-order valence-corrected chi connectivity index (χ3v) is 3.90. The van der Waals surface area contributed by atoms with Gasteiger partial charge in [0.25, 0.3) is 11.8 Å². The number of hydrazine groups is 1. The average Bonchev–Trinajstić information content (AvgIpc) is 2.73. The maximum absolute atomic E-state index is 12.2. The zero-order valence-corrected chi connectivity index (χ0v) is 16.7. The highest BCUT2D eigenvalue weighted by Crippen LogP contribution is 2.13. The summed E-state index contributed by atoms with van der Waals surface area (Å²) in [5.74, 6) is -0.557. The van der Waals surface area contributed by atoms with Gasteiger partial charge in [0.15, 0.2) is 0 Å². The normalized spacial score (nSPS) is 10.3. The molecule has 0 saturated heterocycles. The molecule has 2 aromatic rings. The van der Waals surface area contributed by atoms with Crippen molar-refractivity contribution in [2.24, 2.45) is 5.92 Å². The van der Waals surface area contributed by atoms with Crippen molar-refractivity contribution in [1.82, 2.24) is 10.9 Å². The molecule has 0 unspecified atom stereocenters. The van der Waals surface area contributed by atoms with Crippen LogP contribution >= 0.6 is 0 Å². The summed E-state index contributed by atoms with van der Waals surface area (Å²) in [6, 6.07) is 12.9. The minimum Gasteiger partial charge on any atom is -0.491 e. The SMILES string of the molecule is COCCOc1ccc(C(=O)NNC(=O)c2ccc(NC(=O)C(C)C)cc2)cc1. The van der Waals surface area contributed by atoms with E-state index in [1.54, 1.807) is 69.5 Å². The molecule has 0 aliphatic heterocycles. The monoisotopic (exact) mass is 399 g/mol. The molecule has 0 heterocycles. The number of rotatable bonds is 8. The van der Waals surface area contributed by atoms with Crippen molar-refractivity contribution >= 4 is 23.4 Å². The van der Waals surface area contributed by atoms with Gasteiger partial charge in [0.2, 0.25) is 5.91 Å². The van der Waals surface area contributed by atoms with Gasteiger partial charge in [-0.05, 0) is 48.5 Å². The molecule has 29 heavy (non-hydrogen) atoms. The van der Waals surface area contributed by atoms with Gasteiger partial charge in [-0.1, -0.05) is 13.8 Å². The van der Waals surface area contributed by atoms with E-state index in [-0.39, 0.29) is 11.8 Å². The highest BCUT2D eigenvalue weighted by molar-refractivity contribution is 5.99. The van der Waals surface area contributed by atoms with E-state index in [0.29, 0.717) is 35.8 Å². The number of hydrogen-bond acceptors (Lipinski definition) is 5. The fourth-order valence-corrected chi connectivity index (χ4v) is 2.19. The van der Waals surface area contributed by atoms with E-state index < -0.39 is 11.8 Å². The highest BCUT2D eigenvalue weighted by atomic mass is 16.5. The Morgan fingerprint density at radius 3 is 1.83 bits per heavy atom. The summed E-state index contributed by atoms with van der Waals surface area (Å²) >= 11 is 0. The Bertz CT molecular complexity index is 832. The van der Waals surface area contributed by atoms with Gasteiger partial charge in [-0.25, -0.2) is 0 Å². The molecule has 8 heteroatoms. The summed E-state index contributed by atoms with van der Waals surface area (Å²) in [5.41, 5.74) is 6.03. The molecule has 3 amide bonds. The fourth-order valence-electron chi connectivity index (χ4n) is 2.19. The zero-order chi connectivity index (χ0) is 21.2. The van der Waals surface area contributed by atoms with Crippen molar-refractivity contribution in [2.45, 2.75) is 13.8 Å². The summed E-state index contributed by atoms with van der Waals surface area (Å²) < 4.78 is 10.3. The lowest BCUT2D eigenvalue weighted by Gasteiger charge is -2.10. The second kappa shape index (κ2) is 10.8. The highest BCUT2D eigenvalue weighted by Gasteiger charge is 2.11. The van der Waals surface area contributed by atoms with Crippen LogP contribution in [0, 0.1) is 5.92 Å². The Morgan fingerprint density at radius 1 is 0.828 bits per heavy atom. The van der Waals surface area contributed by atoms with E-state index in [1.807, 2.05) is 0 Å². The van der Waals surface area contributed by atoms with Gasteiger partial charge in [0.05, 0.1) is 6.61 Å². The maximum Gasteiger partial charge on any atom is 0.269 e. The number of methoxy groups -OCH3 is 1. The fraction of sp³-hybridized carbons (Fsp3) is 0.286. The van der Waals surface area contributed by atoms with Crippen molar-refractivity contribution in [3.05, 3.63) is 59.7 Å². The minimum absolute atomic E-state index is 0.107. The summed E-state index contributed by atoms with van der Waals surface area (Å²) in [5, 5.41) is 2.74. The van der Waals surface area contributed by atoms with Crippen LogP contribution in [0.5, 0.6) is 5.75 Å². The first kappa shape index (κ1) is 21.9. The van der Waals surface area contributed by atoms with Crippen molar-refractivity contribution < 1.29 is 23.9 Å². The topological polar surface area (TPSA) is 106 Å². The molecule has 0 spiro atoms. The van der Waals surface area contributed by atoms with Crippen molar-refractivity contribution in [3.8, 4) is 5.75 Å². The smallest absolute Gasteiger partial charge is 0.269 e. The molecule has 0 atom stereocenters. The van der Waals surface area contributed by atoms with Gasteiger partial charge in [-0.3, -0.25) is 25.2 Å². The van der Waals surface area contributed by atoms with Crippen LogP contribution in [0.4, 0.5) is 5.69 Å². The van der Waals surface area contributed by atoms with Gasteiger partial charge in [0.1, 0.15) is 12.4 Å². The van der Waals surface area contributed by atoms with Gasteiger partial charge >= 0.3 is 0 Å². The van der Waals surface area contributed by atoms with Crippen LogP contribution in [0.15, 0.2) is 48.5 Å². The predicted molar refractivity (Wildman–Crippen MR) is 109 cm³/mol. The number of carbonyl (C=O) groups excluding carboxylic acids is 3. The molecule has 0 aliphatic rings. The largest absolute Gasteiger partial charge is 0.491 e. The Hall–Kier alpha value is -3.39. The van der Waals surface area contributed by atoms with Gasteiger partial charge < -0.3 is 14.8 Å². The number of ether oxygens (including phenoxy) is 2. The second-order valence-corrected chi connectivity index (χ2v) is 6.50. The minimum atomic E-state index is -0.473. The first-order chi connectivity index (χ1) is 13.9. The van der Waals surface area contributed by atoms with Crippen LogP contribution in [0.3, 0.4) is 0 Å². The molecule has 0 saturated carbocycles. The lowest BCUT2D eigenvalue weighted by atomic mass is 10.1. The van der Waals surface area contributed by atoms with Crippen LogP contribution in [-0.2, 0) is 9.53 Å². The summed E-state index contributed by atoms with van der Waals surface area (Å²) in [6.07, 6.45) is 0. The van der Waals surface area contributed by atoms with E-state index in [2.05, 4.69) is 16.2 Å². The van der Waals surface area contributed by atoms with Crippen LogP contribution in [0.2, 0.25) is 0 Å². The van der Waals surface area contributed by atoms with Crippen LogP contribution in [0.25, 0.3) is 0 Å². The van der Waals surface area contributed by atoms with E-state index in [1.165, 1.54) is 0 Å². The predicted octanol–water partition coefficient (Wildman–Crippen LogP) is 2.38. The summed E-state index contributed by atoms with van der Waals surface area (Å²) in [7, 11) is 1.59. The zero-order valence-electron chi connectivity index (χ0n) is 16.7. The molecule has 0 aromatic heterocycles. The van der Waals surface area contributed by atoms with E-state index in [4.69, 9.17) is 9.47 Å². The molecule has 2 aromatic carbocycles. The quantitative estimate of drug-likeness (QED) is 0.467. The molecule has 0 radical (unpaired) electrons. The first-order valence-corrected chi connectivity index (χ1v) is 9.14. The lowest BCUT2D eigenvalue weighted by Crippen LogP contribution is -2.41. The molecular weight excluding hydrogens is 374 g/mol. The van der Waals surface area contributed by atoms with Crippen LogP contribution in [0.1, 0.15) is 34.6 Å². The molecule has 0 bridgehead atoms. The van der Waals surface area contributed by atoms with Crippen LogP contribution in [-0.4, -0.2) is 38.0 Å². The molecule has 0 fully saturated rings. The molecule has 3 N–H and O–H groups in total. The lowest BCUT2D eigenvalue weighted by molar-refractivity contribution is -0.118. The average molecular weight is 399 g/mol. The third-order valence-electron chi connectivity index (χ3n) is 3.90. The molecule has 0 aliphatic carbocycles. The Labute approximate surface area is 169 Å². The number of amides is 3. The third kappa shape index (κ3) is 6.93. The van der Waals surface area contributed by atoms with Crippen molar-refractivity contribution in [3.63, 3.8) is 0 Å². The molecular formula is C21H25N3O5. The molecule has 2 rings (SSSR count). The van der Waals surface area contributed by atoms with Crippen LogP contribution < -0.4 is 20.9 Å². The Kier molecular flexibility index (Phi) is 8.17. The van der Waals surface area contributed by atoms with E-state index in [9.17, 15) is 14.4 Å². The first-order valence-electron chi connectivity index (χ1n) is 9.14. The Morgan fingerprint density at radius 2 is 1.34 bits per heavy atom. The van der Waals surface area contributed by atoms with Crippen molar-refractivity contribution in [1.29, 1.82) is 0 Å². The van der Waals surface area contributed by atoms with E-state index in [0.717, 1.165) is 0 Å². The summed E-state index contributed by atoms with van der Waals surface area (Å²) in [6.45, 7) is 4.47. The number of nitrogens with one attached hydrogen (secondary N) is 3. The van der Waals surface area contributed by atoms with Gasteiger partial charge in [0, 0.05) is 29.8 Å². The van der Waals surface area contributed by atoms with Gasteiger partial charge in [-0.15, -0.1) is 0 Å². The molecule has 8 nitrogen and oxygen atoms in total. The number of anilines is 1. The number of benzene rings is 2. The molecule has 154 valence electrons. The number of hydrogen-bond donors (Lipinski definition) is 3. The van der Waals surface area contributed by atoms with E-state index >= 15 is 0 Å². The number of carbonyl (C=O) groups is 3. The Balaban J connectivity index is 1.85. The van der Waals surface area contributed by atoms with Crippen molar-refractivity contribution in [2.75, 3.05) is 25.6 Å². The van der Waals surface area contributed by atoms with Gasteiger partial charge in [-0.2, -0.15) is 0 Å². The second-order valence-electron chi connectivity index (χ2n) is 6.50.